The first-order chi connectivity index (χ1) is 12.2. The predicted octanol–water partition coefficient (Wildman–Crippen LogP) is 3.49. The SMILES string of the molecule is COc1cc(C)c(CNCc2cccc(-n3cccn3)c2)cc1OC. The van der Waals surface area contributed by atoms with E-state index in [0.717, 1.165) is 30.3 Å². The minimum absolute atomic E-state index is 0.755. The van der Waals surface area contributed by atoms with Crippen molar-refractivity contribution in [2.24, 2.45) is 0 Å². The van der Waals surface area contributed by atoms with Crippen LogP contribution in [0, 0.1) is 6.92 Å². The topological polar surface area (TPSA) is 48.3 Å². The van der Waals surface area contributed by atoms with Gasteiger partial charge in [0, 0.05) is 25.5 Å². The molecule has 0 atom stereocenters. The van der Waals surface area contributed by atoms with Gasteiger partial charge in [0.1, 0.15) is 0 Å². The van der Waals surface area contributed by atoms with Gasteiger partial charge in [0.2, 0.25) is 0 Å². The first-order valence-corrected chi connectivity index (χ1v) is 8.22. The molecule has 0 aliphatic carbocycles. The third-order valence-electron chi connectivity index (χ3n) is 4.17. The van der Waals surface area contributed by atoms with Gasteiger partial charge in [-0.15, -0.1) is 0 Å². The fraction of sp³-hybridized carbons (Fsp3) is 0.250. The van der Waals surface area contributed by atoms with Gasteiger partial charge in [0.15, 0.2) is 11.5 Å². The molecule has 0 spiro atoms. The van der Waals surface area contributed by atoms with E-state index in [9.17, 15) is 0 Å². The number of hydrogen-bond donors (Lipinski definition) is 1. The molecule has 0 unspecified atom stereocenters. The first kappa shape index (κ1) is 17.0. The molecule has 0 fully saturated rings. The van der Waals surface area contributed by atoms with E-state index in [0.29, 0.717) is 0 Å². The monoisotopic (exact) mass is 337 g/mol. The Balaban J connectivity index is 1.66. The molecule has 1 heterocycles. The molecule has 1 aromatic heterocycles. The fourth-order valence-electron chi connectivity index (χ4n) is 2.79. The van der Waals surface area contributed by atoms with Crippen molar-refractivity contribution in [3.63, 3.8) is 0 Å². The van der Waals surface area contributed by atoms with E-state index in [-0.39, 0.29) is 0 Å². The highest BCUT2D eigenvalue weighted by Gasteiger charge is 2.08. The van der Waals surface area contributed by atoms with Crippen LogP contribution in [0.3, 0.4) is 0 Å². The third-order valence-corrected chi connectivity index (χ3v) is 4.17. The molecule has 0 bridgehead atoms. The van der Waals surface area contributed by atoms with Crippen LogP contribution in [0.4, 0.5) is 0 Å². The van der Waals surface area contributed by atoms with Crippen molar-refractivity contribution in [3.05, 3.63) is 71.5 Å². The van der Waals surface area contributed by atoms with E-state index in [1.165, 1.54) is 16.7 Å². The largest absolute Gasteiger partial charge is 0.493 e. The number of aryl methyl sites for hydroxylation is 1. The zero-order valence-corrected chi connectivity index (χ0v) is 14.8. The predicted molar refractivity (Wildman–Crippen MR) is 98.4 cm³/mol. The van der Waals surface area contributed by atoms with Crippen LogP contribution in [0.15, 0.2) is 54.9 Å². The van der Waals surface area contributed by atoms with Crippen LogP contribution < -0.4 is 14.8 Å². The highest BCUT2D eigenvalue weighted by atomic mass is 16.5. The average Bonchev–Trinajstić information content (AvgIpc) is 3.17. The van der Waals surface area contributed by atoms with Gasteiger partial charge in [-0.05, 0) is 53.9 Å². The minimum Gasteiger partial charge on any atom is -0.493 e. The van der Waals surface area contributed by atoms with Gasteiger partial charge in [-0.2, -0.15) is 5.10 Å². The lowest BCUT2D eigenvalue weighted by Gasteiger charge is -2.13. The maximum Gasteiger partial charge on any atom is 0.161 e. The molecule has 0 radical (unpaired) electrons. The molecule has 0 aliphatic heterocycles. The number of ether oxygens (including phenoxy) is 2. The molecule has 0 amide bonds. The van der Waals surface area contributed by atoms with E-state index in [2.05, 4.69) is 41.6 Å². The summed E-state index contributed by atoms with van der Waals surface area (Å²) in [5.41, 5.74) is 4.65. The van der Waals surface area contributed by atoms with Crippen molar-refractivity contribution in [3.8, 4) is 17.2 Å². The number of nitrogens with one attached hydrogen (secondary N) is 1. The highest BCUT2D eigenvalue weighted by Crippen LogP contribution is 2.30. The number of hydrogen-bond acceptors (Lipinski definition) is 4. The zero-order valence-electron chi connectivity index (χ0n) is 14.8. The van der Waals surface area contributed by atoms with Gasteiger partial charge in [-0.3, -0.25) is 0 Å². The van der Waals surface area contributed by atoms with Gasteiger partial charge in [-0.1, -0.05) is 12.1 Å². The van der Waals surface area contributed by atoms with Crippen LogP contribution in [-0.2, 0) is 13.1 Å². The number of aromatic nitrogens is 2. The molecule has 3 aromatic rings. The van der Waals surface area contributed by atoms with Crippen LogP contribution >= 0.6 is 0 Å². The van der Waals surface area contributed by atoms with E-state index < -0.39 is 0 Å². The molecule has 0 aliphatic rings. The summed E-state index contributed by atoms with van der Waals surface area (Å²) in [6.07, 6.45) is 3.73. The Morgan fingerprint density at radius 1 is 1.00 bits per heavy atom. The second-order valence-electron chi connectivity index (χ2n) is 5.86. The Kier molecular flexibility index (Phi) is 5.36. The number of methoxy groups -OCH3 is 2. The Hall–Kier alpha value is -2.79. The van der Waals surface area contributed by atoms with Crippen LogP contribution in [0.25, 0.3) is 5.69 Å². The molecular formula is C20H23N3O2. The van der Waals surface area contributed by atoms with E-state index in [1.54, 1.807) is 20.4 Å². The molecule has 130 valence electrons. The highest BCUT2D eigenvalue weighted by molar-refractivity contribution is 5.47. The van der Waals surface area contributed by atoms with Gasteiger partial charge in [0.25, 0.3) is 0 Å². The fourth-order valence-corrected chi connectivity index (χ4v) is 2.79. The van der Waals surface area contributed by atoms with Crippen molar-refractivity contribution in [2.75, 3.05) is 14.2 Å². The lowest BCUT2D eigenvalue weighted by molar-refractivity contribution is 0.354. The third kappa shape index (κ3) is 4.00. The summed E-state index contributed by atoms with van der Waals surface area (Å²) in [6.45, 7) is 3.62. The number of benzene rings is 2. The summed E-state index contributed by atoms with van der Waals surface area (Å²) in [5, 5.41) is 7.77. The Morgan fingerprint density at radius 3 is 2.52 bits per heavy atom. The maximum absolute atomic E-state index is 5.39. The standard InChI is InChI=1S/C20H23N3O2/c1-15-10-19(24-2)20(25-3)12-17(15)14-21-13-16-6-4-7-18(11-16)23-9-5-8-22-23/h4-12,21H,13-14H2,1-3H3. The quantitative estimate of drug-likeness (QED) is 0.717. The summed E-state index contributed by atoms with van der Waals surface area (Å²) >= 11 is 0. The van der Waals surface area contributed by atoms with Crippen LogP contribution in [0.1, 0.15) is 16.7 Å². The first-order valence-electron chi connectivity index (χ1n) is 8.22. The summed E-state index contributed by atoms with van der Waals surface area (Å²) < 4.78 is 12.6. The Morgan fingerprint density at radius 2 is 1.80 bits per heavy atom. The van der Waals surface area contributed by atoms with Crippen molar-refractivity contribution in [1.29, 1.82) is 0 Å². The Bertz CT molecular complexity index is 829. The molecule has 0 saturated carbocycles. The van der Waals surface area contributed by atoms with E-state index in [1.807, 2.05) is 29.1 Å². The number of nitrogens with zero attached hydrogens (tertiary/aromatic N) is 2. The maximum atomic E-state index is 5.39. The molecule has 1 N–H and O–H groups in total. The van der Waals surface area contributed by atoms with Crippen molar-refractivity contribution in [1.82, 2.24) is 15.1 Å². The lowest BCUT2D eigenvalue weighted by Crippen LogP contribution is -2.14. The van der Waals surface area contributed by atoms with E-state index >= 15 is 0 Å². The molecule has 25 heavy (non-hydrogen) atoms. The van der Waals surface area contributed by atoms with Gasteiger partial charge < -0.3 is 14.8 Å². The zero-order chi connectivity index (χ0) is 17.6. The second kappa shape index (κ2) is 7.85. The summed E-state index contributed by atoms with van der Waals surface area (Å²) in [6, 6.07) is 14.3. The van der Waals surface area contributed by atoms with E-state index in [4.69, 9.17) is 9.47 Å². The molecule has 2 aromatic carbocycles. The summed E-state index contributed by atoms with van der Waals surface area (Å²) in [7, 11) is 3.31. The van der Waals surface area contributed by atoms with Gasteiger partial charge >= 0.3 is 0 Å². The van der Waals surface area contributed by atoms with Crippen molar-refractivity contribution >= 4 is 0 Å². The minimum atomic E-state index is 0.755. The Labute approximate surface area is 148 Å². The van der Waals surface area contributed by atoms with Gasteiger partial charge in [-0.25, -0.2) is 4.68 Å². The van der Waals surface area contributed by atoms with Gasteiger partial charge in [0.05, 0.1) is 19.9 Å². The molecule has 3 rings (SSSR count). The normalized spacial score (nSPS) is 10.7. The van der Waals surface area contributed by atoms with Crippen LogP contribution in [0.2, 0.25) is 0 Å². The van der Waals surface area contributed by atoms with Crippen LogP contribution in [-0.4, -0.2) is 24.0 Å². The molecular weight excluding hydrogens is 314 g/mol. The molecule has 5 nitrogen and oxygen atoms in total. The second-order valence-corrected chi connectivity index (χ2v) is 5.86. The summed E-state index contributed by atoms with van der Waals surface area (Å²) in [4.78, 5) is 0. The summed E-state index contributed by atoms with van der Waals surface area (Å²) in [5.74, 6) is 1.52. The smallest absolute Gasteiger partial charge is 0.161 e. The lowest BCUT2D eigenvalue weighted by atomic mass is 10.1. The van der Waals surface area contributed by atoms with Crippen molar-refractivity contribution in [2.45, 2.75) is 20.0 Å². The van der Waals surface area contributed by atoms with Crippen LogP contribution in [0.5, 0.6) is 11.5 Å². The average molecular weight is 337 g/mol. The molecule has 5 heteroatoms. The van der Waals surface area contributed by atoms with Crippen molar-refractivity contribution < 1.29 is 9.47 Å². The number of rotatable bonds is 7. The molecule has 0 saturated heterocycles.